The van der Waals surface area contributed by atoms with Gasteiger partial charge in [-0.15, -0.1) is 0 Å². The van der Waals surface area contributed by atoms with Gasteiger partial charge in [-0.25, -0.2) is 0 Å². The Bertz CT molecular complexity index is 667. The molecule has 3 heteroatoms. The second-order valence-electron chi connectivity index (χ2n) is 15.4. The topological polar surface area (TPSA) is 54.4 Å². The number of hydrogen-bond donors (Lipinski definition) is 1. The first-order valence-electron chi connectivity index (χ1n) is 21.8. The number of ketones is 1. The van der Waals surface area contributed by atoms with Crippen molar-refractivity contribution in [3.8, 4) is 0 Å². The zero-order valence-corrected chi connectivity index (χ0v) is 32.8. The Morgan fingerprint density at radius 1 is 0.404 bits per heavy atom. The van der Waals surface area contributed by atoms with Crippen molar-refractivity contribution in [2.24, 2.45) is 11.3 Å². The Morgan fingerprint density at radius 3 is 0.915 bits per heavy atom. The Balaban J connectivity index is 4.01. The van der Waals surface area contributed by atoms with Crippen molar-refractivity contribution in [1.82, 2.24) is 0 Å². The van der Waals surface area contributed by atoms with Crippen molar-refractivity contribution < 1.29 is 14.7 Å². The molecular weight excluding hydrogens is 576 g/mol. The SMILES string of the molecule is CCCCCCCCCCCCCCCCCCC(C(=O)O)C(=O)C(CC)(CC)CCCCCCCCCCCCCCCCCC. The Labute approximate surface area is 296 Å². The highest BCUT2D eigenvalue weighted by Crippen LogP contribution is 2.38. The van der Waals surface area contributed by atoms with E-state index in [0.717, 1.165) is 38.5 Å². The summed E-state index contributed by atoms with van der Waals surface area (Å²) in [5.74, 6) is -1.69. The molecule has 0 aromatic carbocycles. The molecule has 0 saturated carbocycles. The highest BCUT2D eigenvalue weighted by atomic mass is 16.4. The molecule has 0 aliphatic heterocycles. The lowest BCUT2D eigenvalue weighted by Crippen LogP contribution is -2.39. The Hall–Kier alpha value is -0.860. The lowest BCUT2D eigenvalue weighted by Gasteiger charge is -2.33. The van der Waals surface area contributed by atoms with E-state index >= 15 is 0 Å². The van der Waals surface area contributed by atoms with Gasteiger partial charge in [0.15, 0.2) is 5.78 Å². The van der Waals surface area contributed by atoms with Gasteiger partial charge in [0, 0.05) is 5.41 Å². The minimum atomic E-state index is -0.894. The molecule has 0 heterocycles. The van der Waals surface area contributed by atoms with E-state index in [1.807, 2.05) is 0 Å². The van der Waals surface area contributed by atoms with Gasteiger partial charge < -0.3 is 5.11 Å². The third-order valence-corrected chi connectivity index (χ3v) is 11.3. The Kier molecular flexibility index (Phi) is 34.3. The maximum atomic E-state index is 13.7. The lowest BCUT2D eigenvalue weighted by atomic mass is 9.69. The number of carboxylic acids is 1. The molecule has 0 saturated heterocycles. The van der Waals surface area contributed by atoms with Crippen molar-refractivity contribution >= 4 is 11.8 Å². The smallest absolute Gasteiger partial charge is 0.314 e. The third-order valence-electron chi connectivity index (χ3n) is 11.3. The molecule has 280 valence electrons. The number of aliphatic carboxylic acids is 1. The predicted octanol–water partition coefficient (Wildman–Crippen LogP) is 15.4. The van der Waals surface area contributed by atoms with Crippen LogP contribution in [0.3, 0.4) is 0 Å². The van der Waals surface area contributed by atoms with Crippen LogP contribution in [0.4, 0.5) is 0 Å². The average molecular weight is 663 g/mol. The molecule has 47 heavy (non-hydrogen) atoms. The van der Waals surface area contributed by atoms with E-state index in [4.69, 9.17) is 0 Å². The van der Waals surface area contributed by atoms with Gasteiger partial charge in [-0.3, -0.25) is 9.59 Å². The summed E-state index contributed by atoms with van der Waals surface area (Å²) < 4.78 is 0. The molecule has 0 rings (SSSR count). The van der Waals surface area contributed by atoms with Crippen LogP contribution in [0.1, 0.15) is 259 Å². The summed E-state index contributed by atoms with van der Waals surface area (Å²) in [6.07, 6.45) is 45.4. The minimum Gasteiger partial charge on any atom is -0.481 e. The van der Waals surface area contributed by atoms with Crippen LogP contribution in [0, 0.1) is 11.3 Å². The first-order valence-corrected chi connectivity index (χ1v) is 21.8. The van der Waals surface area contributed by atoms with Gasteiger partial charge in [-0.1, -0.05) is 233 Å². The lowest BCUT2D eigenvalue weighted by molar-refractivity contribution is -0.150. The van der Waals surface area contributed by atoms with Crippen molar-refractivity contribution in [3.05, 3.63) is 0 Å². The zero-order chi connectivity index (χ0) is 34.7. The minimum absolute atomic E-state index is 0.0249. The van der Waals surface area contributed by atoms with E-state index in [-0.39, 0.29) is 5.78 Å². The van der Waals surface area contributed by atoms with Crippen LogP contribution in [0.5, 0.6) is 0 Å². The second-order valence-corrected chi connectivity index (χ2v) is 15.4. The number of carbonyl (C=O) groups is 2. The fourth-order valence-corrected chi connectivity index (χ4v) is 7.72. The van der Waals surface area contributed by atoms with E-state index in [2.05, 4.69) is 27.7 Å². The monoisotopic (exact) mass is 663 g/mol. The summed E-state index contributed by atoms with van der Waals surface area (Å²) >= 11 is 0. The van der Waals surface area contributed by atoms with Crippen LogP contribution in [0.2, 0.25) is 0 Å². The molecule has 1 unspecified atom stereocenters. The van der Waals surface area contributed by atoms with Crippen molar-refractivity contribution in [3.63, 3.8) is 0 Å². The molecule has 0 aromatic rings. The molecule has 1 N–H and O–H groups in total. The number of hydrogen-bond acceptors (Lipinski definition) is 2. The van der Waals surface area contributed by atoms with Crippen LogP contribution >= 0.6 is 0 Å². The summed E-state index contributed by atoms with van der Waals surface area (Å²) in [6, 6.07) is 0. The molecule has 1 atom stereocenters. The van der Waals surface area contributed by atoms with Crippen molar-refractivity contribution in [2.75, 3.05) is 0 Å². The summed E-state index contributed by atoms with van der Waals surface area (Å²) in [6.45, 7) is 8.76. The molecule has 3 nitrogen and oxygen atoms in total. The van der Waals surface area contributed by atoms with Gasteiger partial charge in [0.05, 0.1) is 0 Å². The maximum Gasteiger partial charge on any atom is 0.314 e. The fraction of sp³-hybridized carbons (Fsp3) is 0.955. The number of carbonyl (C=O) groups excluding carboxylic acids is 1. The van der Waals surface area contributed by atoms with Gasteiger partial charge in [-0.05, 0) is 25.7 Å². The molecule has 0 aromatic heterocycles. The average Bonchev–Trinajstić information content (AvgIpc) is 3.07. The molecule has 0 bridgehead atoms. The molecule has 0 fully saturated rings. The van der Waals surface area contributed by atoms with E-state index in [9.17, 15) is 14.7 Å². The van der Waals surface area contributed by atoms with E-state index in [1.54, 1.807) is 0 Å². The standard InChI is InChI=1S/C44H86O3/c1-5-9-11-13-15-17-19-21-23-25-27-29-31-33-35-37-39-41(43(46)47)42(45)44(7-3,8-4)40-38-36-34-32-30-28-26-24-22-20-18-16-14-12-10-6-2/h41H,5-40H2,1-4H3,(H,46,47). The first kappa shape index (κ1) is 46.1. The van der Waals surface area contributed by atoms with Crippen LogP contribution in [-0.4, -0.2) is 16.9 Å². The molecule has 0 amide bonds. The zero-order valence-electron chi connectivity index (χ0n) is 32.8. The van der Waals surface area contributed by atoms with Crippen molar-refractivity contribution in [2.45, 2.75) is 259 Å². The Morgan fingerprint density at radius 2 is 0.660 bits per heavy atom. The summed E-state index contributed by atoms with van der Waals surface area (Å²) in [5.41, 5.74) is -0.450. The number of Topliss-reactive ketones (excluding diaryl/α,β-unsaturated/α-hetero) is 1. The summed E-state index contributed by atoms with van der Waals surface area (Å²) in [4.78, 5) is 25.9. The third kappa shape index (κ3) is 26.7. The van der Waals surface area contributed by atoms with Crippen LogP contribution in [-0.2, 0) is 9.59 Å². The van der Waals surface area contributed by atoms with E-state index in [0.29, 0.717) is 6.42 Å². The molecule has 0 aliphatic rings. The highest BCUT2D eigenvalue weighted by molar-refractivity contribution is 6.01. The van der Waals surface area contributed by atoms with Crippen LogP contribution < -0.4 is 0 Å². The van der Waals surface area contributed by atoms with Gasteiger partial charge in [0.25, 0.3) is 0 Å². The van der Waals surface area contributed by atoms with Gasteiger partial charge in [-0.2, -0.15) is 0 Å². The molecule has 0 aliphatic carbocycles. The van der Waals surface area contributed by atoms with E-state index in [1.165, 1.54) is 186 Å². The molecule has 0 spiro atoms. The predicted molar refractivity (Wildman–Crippen MR) is 207 cm³/mol. The first-order chi connectivity index (χ1) is 23.0. The van der Waals surface area contributed by atoms with Gasteiger partial charge in [0.1, 0.15) is 5.92 Å². The number of unbranched alkanes of at least 4 members (excludes halogenated alkanes) is 30. The van der Waals surface area contributed by atoms with Crippen LogP contribution in [0.25, 0.3) is 0 Å². The largest absolute Gasteiger partial charge is 0.481 e. The fourth-order valence-electron chi connectivity index (χ4n) is 7.72. The second kappa shape index (κ2) is 35.0. The summed E-state index contributed by atoms with van der Waals surface area (Å²) in [5, 5.41) is 10.0. The maximum absolute atomic E-state index is 13.7. The quantitative estimate of drug-likeness (QED) is 0.0526. The molecular formula is C44H86O3. The highest BCUT2D eigenvalue weighted by Gasteiger charge is 2.41. The number of rotatable bonds is 39. The van der Waals surface area contributed by atoms with E-state index < -0.39 is 17.3 Å². The molecule has 0 radical (unpaired) electrons. The van der Waals surface area contributed by atoms with Gasteiger partial charge >= 0.3 is 5.97 Å². The summed E-state index contributed by atoms with van der Waals surface area (Å²) in [7, 11) is 0. The van der Waals surface area contributed by atoms with Crippen LogP contribution in [0.15, 0.2) is 0 Å². The normalized spacial score (nSPS) is 12.5. The number of carboxylic acid groups (broad SMARTS) is 1. The van der Waals surface area contributed by atoms with Gasteiger partial charge in [0.2, 0.25) is 0 Å². The van der Waals surface area contributed by atoms with Crippen molar-refractivity contribution in [1.29, 1.82) is 0 Å².